The summed E-state index contributed by atoms with van der Waals surface area (Å²) in [5.41, 5.74) is 1.20. The van der Waals surface area contributed by atoms with Crippen LogP contribution in [-0.2, 0) is 11.2 Å². The van der Waals surface area contributed by atoms with Gasteiger partial charge in [-0.1, -0.05) is 12.5 Å². The van der Waals surface area contributed by atoms with E-state index in [1.807, 2.05) is 32.0 Å². The summed E-state index contributed by atoms with van der Waals surface area (Å²) in [5, 5.41) is 8.55. The van der Waals surface area contributed by atoms with Gasteiger partial charge in [0.15, 0.2) is 11.5 Å². The van der Waals surface area contributed by atoms with E-state index in [0.29, 0.717) is 0 Å². The van der Waals surface area contributed by atoms with Crippen LogP contribution in [0.5, 0.6) is 11.5 Å². The van der Waals surface area contributed by atoms with Crippen LogP contribution in [0, 0.1) is 0 Å². The van der Waals surface area contributed by atoms with Crippen molar-refractivity contribution in [2.24, 2.45) is 0 Å². The maximum absolute atomic E-state index is 10.4. The summed E-state index contributed by atoms with van der Waals surface area (Å²) < 4.78 is 11.3. The van der Waals surface area contributed by atoms with Crippen molar-refractivity contribution in [1.29, 1.82) is 0 Å². The number of hydrogen-bond donors (Lipinski definition) is 1. The predicted octanol–water partition coefficient (Wildman–Crippen LogP) is 3.38. The molecule has 0 unspecified atom stereocenters. The third-order valence-corrected chi connectivity index (χ3v) is 3.08. The Kier molecular flexibility index (Phi) is 3.98. The quantitative estimate of drug-likeness (QED) is 0.800. The third-order valence-electron chi connectivity index (χ3n) is 3.08. The molecule has 0 atom stereocenters. The molecule has 0 fully saturated rings. The Morgan fingerprint density at radius 3 is 2.63 bits per heavy atom. The van der Waals surface area contributed by atoms with Gasteiger partial charge in [-0.25, -0.2) is 0 Å². The second kappa shape index (κ2) is 5.51. The summed E-state index contributed by atoms with van der Waals surface area (Å²) in [4.78, 5) is 10.4. The number of hydrogen-bond acceptors (Lipinski definition) is 3. The summed E-state index contributed by atoms with van der Waals surface area (Å²) in [5.74, 6) is 0.292. The molecule has 0 aliphatic carbocycles. The third kappa shape index (κ3) is 3.88. The summed E-state index contributed by atoms with van der Waals surface area (Å²) in [7, 11) is 0. The van der Waals surface area contributed by atoms with Gasteiger partial charge in [0.25, 0.3) is 0 Å². The first-order valence-corrected chi connectivity index (χ1v) is 6.69. The number of carbonyl (C=O) groups is 1. The molecule has 104 valence electrons. The molecular formula is C15H20O4. The lowest BCUT2D eigenvalue weighted by Gasteiger charge is -2.16. The molecule has 0 saturated carbocycles. The van der Waals surface area contributed by atoms with E-state index in [9.17, 15) is 4.79 Å². The van der Waals surface area contributed by atoms with Crippen LogP contribution < -0.4 is 9.47 Å². The van der Waals surface area contributed by atoms with Gasteiger partial charge in [0.2, 0.25) is 5.79 Å². The molecule has 1 aromatic carbocycles. The molecule has 19 heavy (non-hydrogen) atoms. The number of carboxylic acids is 1. The minimum absolute atomic E-state index is 0.259. The second-order valence-electron chi connectivity index (χ2n) is 5.34. The second-order valence-corrected chi connectivity index (χ2v) is 5.34. The van der Waals surface area contributed by atoms with Crippen molar-refractivity contribution in [2.75, 3.05) is 0 Å². The van der Waals surface area contributed by atoms with Gasteiger partial charge in [0.1, 0.15) is 0 Å². The minimum Gasteiger partial charge on any atom is -0.481 e. The molecule has 4 nitrogen and oxygen atoms in total. The highest BCUT2D eigenvalue weighted by atomic mass is 16.7. The van der Waals surface area contributed by atoms with Crippen LogP contribution >= 0.6 is 0 Å². The Labute approximate surface area is 113 Å². The van der Waals surface area contributed by atoms with Gasteiger partial charge >= 0.3 is 5.97 Å². The molecule has 0 saturated heterocycles. The van der Waals surface area contributed by atoms with E-state index in [2.05, 4.69) is 0 Å². The Morgan fingerprint density at radius 2 is 1.89 bits per heavy atom. The van der Waals surface area contributed by atoms with E-state index < -0.39 is 11.8 Å². The van der Waals surface area contributed by atoms with Crippen LogP contribution in [0.2, 0.25) is 0 Å². The summed E-state index contributed by atoms with van der Waals surface area (Å²) in [6, 6.07) is 6.00. The van der Waals surface area contributed by atoms with E-state index in [0.717, 1.165) is 37.2 Å². The fourth-order valence-corrected chi connectivity index (χ4v) is 2.20. The Balaban J connectivity index is 1.82. The van der Waals surface area contributed by atoms with Crippen LogP contribution in [0.3, 0.4) is 0 Å². The zero-order valence-corrected chi connectivity index (χ0v) is 11.4. The highest BCUT2D eigenvalue weighted by Crippen LogP contribution is 2.39. The van der Waals surface area contributed by atoms with E-state index in [1.54, 1.807) is 0 Å². The molecule has 0 spiro atoms. The number of carboxylic acid groups (broad SMARTS) is 1. The van der Waals surface area contributed by atoms with Gasteiger partial charge in [0.05, 0.1) is 0 Å². The van der Waals surface area contributed by atoms with Gasteiger partial charge in [-0.3, -0.25) is 4.79 Å². The van der Waals surface area contributed by atoms with Gasteiger partial charge in [-0.05, 0) is 37.0 Å². The van der Waals surface area contributed by atoms with Gasteiger partial charge in [-0.15, -0.1) is 0 Å². The van der Waals surface area contributed by atoms with Crippen molar-refractivity contribution in [2.45, 2.75) is 51.7 Å². The van der Waals surface area contributed by atoms with Crippen LogP contribution in [0.4, 0.5) is 0 Å². The van der Waals surface area contributed by atoms with Crippen LogP contribution in [-0.4, -0.2) is 16.9 Å². The van der Waals surface area contributed by atoms with E-state index in [4.69, 9.17) is 14.6 Å². The Morgan fingerprint density at radius 1 is 1.16 bits per heavy atom. The molecule has 4 heteroatoms. The first-order valence-electron chi connectivity index (χ1n) is 6.69. The van der Waals surface area contributed by atoms with Crippen molar-refractivity contribution in [3.05, 3.63) is 23.8 Å². The van der Waals surface area contributed by atoms with Crippen molar-refractivity contribution < 1.29 is 19.4 Å². The highest BCUT2D eigenvalue weighted by Gasteiger charge is 2.31. The molecular weight excluding hydrogens is 244 g/mol. The standard InChI is InChI=1S/C15H20O4/c1-15(2)18-12-9-8-11(10-13(12)19-15)6-4-3-5-7-14(16)17/h8-10H,3-7H2,1-2H3,(H,16,17). The maximum atomic E-state index is 10.4. The summed E-state index contributed by atoms with van der Waals surface area (Å²) in [6.07, 6.45) is 3.88. The van der Waals surface area contributed by atoms with E-state index in [1.165, 1.54) is 5.56 Å². The van der Waals surface area contributed by atoms with Gasteiger partial charge < -0.3 is 14.6 Å². The molecule has 0 radical (unpaired) electrons. The first-order chi connectivity index (χ1) is 8.96. The lowest BCUT2D eigenvalue weighted by molar-refractivity contribution is -0.137. The maximum Gasteiger partial charge on any atom is 0.303 e. The lowest BCUT2D eigenvalue weighted by Crippen LogP contribution is -2.29. The zero-order valence-electron chi connectivity index (χ0n) is 11.4. The zero-order chi connectivity index (χ0) is 13.9. The van der Waals surface area contributed by atoms with Crippen molar-refractivity contribution >= 4 is 5.97 Å². The number of fused-ring (bicyclic) bond motifs is 1. The fraction of sp³-hybridized carbons (Fsp3) is 0.533. The number of aliphatic carboxylic acids is 1. The molecule has 1 aliphatic rings. The average molecular weight is 264 g/mol. The molecule has 1 aliphatic heterocycles. The molecule has 1 heterocycles. The highest BCUT2D eigenvalue weighted by molar-refractivity contribution is 5.66. The largest absolute Gasteiger partial charge is 0.481 e. The van der Waals surface area contributed by atoms with Crippen molar-refractivity contribution in [3.63, 3.8) is 0 Å². The fourth-order valence-electron chi connectivity index (χ4n) is 2.20. The topological polar surface area (TPSA) is 55.8 Å². The van der Waals surface area contributed by atoms with Crippen molar-refractivity contribution in [3.8, 4) is 11.5 Å². The predicted molar refractivity (Wildman–Crippen MR) is 71.6 cm³/mol. The average Bonchev–Trinajstić information content (AvgIpc) is 2.61. The molecule has 0 amide bonds. The van der Waals surface area contributed by atoms with E-state index >= 15 is 0 Å². The minimum atomic E-state index is -0.717. The van der Waals surface area contributed by atoms with Gasteiger partial charge in [0, 0.05) is 20.3 Å². The Bertz CT molecular complexity index is 465. The van der Waals surface area contributed by atoms with Crippen LogP contribution in [0.15, 0.2) is 18.2 Å². The molecule has 1 aromatic rings. The van der Waals surface area contributed by atoms with Crippen LogP contribution in [0.1, 0.15) is 45.1 Å². The molecule has 1 N–H and O–H groups in total. The SMILES string of the molecule is CC1(C)Oc2ccc(CCCCCC(=O)O)cc2O1. The summed E-state index contributed by atoms with van der Waals surface area (Å²) >= 11 is 0. The van der Waals surface area contributed by atoms with E-state index in [-0.39, 0.29) is 6.42 Å². The summed E-state index contributed by atoms with van der Waals surface area (Å²) in [6.45, 7) is 3.77. The molecule has 0 aromatic heterocycles. The van der Waals surface area contributed by atoms with Crippen molar-refractivity contribution in [1.82, 2.24) is 0 Å². The van der Waals surface area contributed by atoms with Gasteiger partial charge in [-0.2, -0.15) is 0 Å². The number of aryl methyl sites for hydroxylation is 1. The first kappa shape index (κ1) is 13.7. The monoisotopic (exact) mass is 264 g/mol. The number of ether oxygens (including phenoxy) is 2. The number of benzene rings is 1. The number of unbranched alkanes of at least 4 members (excludes halogenated alkanes) is 2. The Hall–Kier alpha value is -1.71. The molecule has 0 bridgehead atoms. The van der Waals surface area contributed by atoms with Crippen LogP contribution in [0.25, 0.3) is 0 Å². The smallest absolute Gasteiger partial charge is 0.303 e. The number of rotatable bonds is 6. The molecule has 2 rings (SSSR count). The normalized spacial score (nSPS) is 15.5. The lowest BCUT2D eigenvalue weighted by atomic mass is 10.1.